The Kier molecular flexibility index (Phi) is 7.78. The maximum atomic E-state index is 11.2. The summed E-state index contributed by atoms with van der Waals surface area (Å²) < 4.78 is 14.2. The lowest BCUT2D eigenvalue weighted by Gasteiger charge is -2.05. The van der Waals surface area contributed by atoms with Crippen molar-refractivity contribution in [3.8, 4) is 47.4 Å². The second-order valence-electron chi connectivity index (χ2n) is 3.84. The van der Waals surface area contributed by atoms with Crippen LogP contribution in [0.15, 0.2) is 13.6 Å². The highest BCUT2D eigenvalue weighted by molar-refractivity contribution is 5.72. The topological polar surface area (TPSA) is 69.7 Å². The van der Waals surface area contributed by atoms with Crippen molar-refractivity contribution in [1.29, 1.82) is 0 Å². The number of hydrogen-bond donors (Lipinski definition) is 0. The first-order chi connectivity index (χ1) is 11.1. The smallest absolute Gasteiger partial charge is 0.519 e. The fraction of sp³-hybridized carbons (Fsp3) is 0.222. The van der Waals surface area contributed by atoms with E-state index in [-0.39, 0.29) is 12.8 Å². The second kappa shape index (κ2) is 10.2. The van der Waals surface area contributed by atoms with Crippen molar-refractivity contribution in [1.82, 2.24) is 0 Å². The first-order valence-corrected chi connectivity index (χ1v) is 6.46. The molecule has 5 nitrogen and oxygen atoms in total. The van der Waals surface area contributed by atoms with E-state index in [1.807, 2.05) is 0 Å². The molecule has 0 aliphatic carbocycles. The average Bonchev–Trinajstić information content (AvgIpc) is 2.84. The van der Waals surface area contributed by atoms with Crippen LogP contribution in [0.1, 0.15) is 24.9 Å². The molecule has 1 heterocycles. The van der Waals surface area contributed by atoms with Gasteiger partial charge in [-0.15, -0.1) is 23.7 Å². The van der Waals surface area contributed by atoms with Gasteiger partial charge in [-0.1, -0.05) is 0 Å². The van der Waals surface area contributed by atoms with Crippen LogP contribution in [0.3, 0.4) is 0 Å². The van der Waals surface area contributed by atoms with Crippen LogP contribution in [0.4, 0.5) is 0 Å². The fourth-order valence-electron chi connectivity index (χ4n) is 1.20. The molecule has 0 radical (unpaired) electrons. The Bertz CT molecular complexity index is 838. The van der Waals surface area contributed by atoms with Gasteiger partial charge >= 0.3 is 5.82 Å². The molecule has 0 N–H and O–H groups in total. The molecule has 0 bridgehead atoms. The highest BCUT2D eigenvalue weighted by Gasteiger charge is 2.05. The Hall–Kier alpha value is -3.54. The first kappa shape index (κ1) is 17.5. The van der Waals surface area contributed by atoms with Crippen molar-refractivity contribution in [2.24, 2.45) is 0 Å². The standard InChI is InChI=1S/C18H12O5/c1-3-4-5-6-10-13-17(19)21-14-11-8-7-9-12-16-15(2)22-18(20)23-16/h10,14H,12-13H2,1-2H3/q-2. The van der Waals surface area contributed by atoms with E-state index in [4.69, 9.17) is 9.15 Å². The van der Waals surface area contributed by atoms with Crippen molar-refractivity contribution < 1.29 is 18.4 Å². The second-order valence-corrected chi connectivity index (χ2v) is 3.84. The van der Waals surface area contributed by atoms with Crippen LogP contribution in [0, 0.1) is 67.3 Å². The Balaban J connectivity index is 2.25. The van der Waals surface area contributed by atoms with Gasteiger partial charge in [0.25, 0.3) is 5.97 Å². The molecular formula is C18H12O5-2. The first-order valence-electron chi connectivity index (χ1n) is 6.46. The molecule has 0 saturated carbocycles. The minimum absolute atomic E-state index is 0.0427. The Morgan fingerprint density at radius 3 is 2.65 bits per heavy atom. The number of aryl methyl sites for hydroxylation is 1. The summed E-state index contributed by atoms with van der Waals surface area (Å²) in [5.41, 5.74) is 0. The van der Waals surface area contributed by atoms with Gasteiger partial charge in [0.1, 0.15) is 5.76 Å². The third-order valence-electron chi connectivity index (χ3n) is 2.19. The Morgan fingerprint density at radius 2 is 1.96 bits per heavy atom. The minimum atomic E-state index is -0.756. The van der Waals surface area contributed by atoms with Crippen molar-refractivity contribution in [2.45, 2.75) is 26.7 Å². The molecule has 23 heavy (non-hydrogen) atoms. The van der Waals surface area contributed by atoms with Crippen LogP contribution in [0.2, 0.25) is 0 Å². The van der Waals surface area contributed by atoms with Gasteiger partial charge in [-0.3, -0.25) is 10.7 Å². The SMILES string of the molecule is CC#CC#C[CH-]CC(=O)O[CH-]C#CC#CCc1oc(=O)oc1C. The van der Waals surface area contributed by atoms with Gasteiger partial charge in [0.05, 0.1) is 6.42 Å². The molecule has 0 unspecified atom stereocenters. The molecule has 0 amide bonds. The predicted octanol–water partition coefficient (Wildman–Crippen LogP) is 1.42. The van der Waals surface area contributed by atoms with Crippen molar-refractivity contribution in [3.63, 3.8) is 0 Å². The summed E-state index contributed by atoms with van der Waals surface area (Å²) in [6.07, 6.45) is 1.70. The number of carbonyl (C=O) groups excluding carboxylic acids is 1. The molecule has 0 aliphatic heterocycles. The van der Waals surface area contributed by atoms with E-state index in [0.717, 1.165) is 6.61 Å². The number of ether oxygens (including phenoxy) is 1. The summed E-state index contributed by atoms with van der Waals surface area (Å²) in [7, 11) is 0. The van der Waals surface area contributed by atoms with Crippen LogP contribution in [-0.2, 0) is 16.0 Å². The third-order valence-corrected chi connectivity index (χ3v) is 2.19. The van der Waals surface area contributed by atoms with Crippen LogP contribution in [0.5, 0.6) is 0 Å². The zero-order valence-electron chi connectivity index (χ0n) is 12.6. The van der Waals surface area contributed by atoms with Crippen molar-refractivity contribution in [2.75, 3.05) is 0 Å². The van der Waals surface area contributed by atoms with Crippen molar-refractivity contribution >= 4 is 5.97 Å². The van der Waals surface area contributed by atoms with E-state index in [1.54, 1.807) is 13.8 Å². The summed E-state index contributed by atoms with van der Waals surface area (Å²) >= 11 is 0. The number of hydrogen-bond acceptors (Lipinski definition) is 5. The van der Waals surface area contributed by atoms with Crippen LogP contribution < -0.4 is 5.82 Å². The number of carbonyl (C=O) groups is 1. The number of rotatable bonds is 4. The van der Waals surface area contributed by atoms with Gasteiger partial charge < -0.3 is 13.6 Å². The zero-order valence-corrected chi connectivity index (χ0v) is 12.6. The van der Waals surface area contributed by atoms with Gasteiger partial charge in [-0.25, -0.2) is 22.6 Å². The highest BCUT2D eigenvalue weighted by atomic mass is 16.6. The molecule has 5 heteroatoms. The highest BCUT2D eigenvalue weighted by Crippen LogP contribution is 2.04. The molecule has 0 saturated heterocycles. The van der Waals surface area contributed by atoms with E-state index < -0.39 is 11.8 Å². The molecule has 0 fully saturated rings. The Morgan fingerprint density at radius 1 is 1.17 bits per heavy atom. The molecule has 0 aliphatic rings. The molecular weight excluding hydrogens is 296 g/mol. The molecule has 1 aromatic heterocycles. The third kappa shape index (κ3) is 7.72. The lowest BCUT2D eigenvalue weighted by atomic mass is 10.3. The zero-order chi connectivity index (χ0) is 16.9. The lowest BCUT2D eigenvalue weighted by Crippen LogP contribution is -2.00. The normalized spacial score (nSPS) is 7.74. The Labute approximate surface area is 134 Å². The van der Waals surface area contributed by atoms with Crippen LogP contribution in [0.25, 0.3) is 0 Å². The van der Waals surface area contributed by atoms with Gasteiger partial charge in [0, 0.05) is 6.42 Å². The van der Waals surface area contributed by atoms with Crippen LogP contribution in [-0.4, -0.2) is 5.97 Å². The van der Waals surface area contributed by atoms with Crippen LogP contribution >= 0.6 is 0 Å². The molecule has 0 spiro atoms. The summed E-state index contributed by atoms with van der Waals surface area (Å²) in [5, 5.41) is 0. The van der Waals surface area contributed by atoms with E-state index in [2.05, 4.69) is 51.8 Å². The van der Waals surface area contributed by atoms with Gasteiger partial charge in [0.2, 0.25) is 0 Å². The maximum Gasteiger partial charge on any atom is 0.519 e. The molecule has 116 valence electrons. The minimum Gasteiger partial charge on any atom is -0.520 e. The summed E-state index contributed by atoms with van der Waals surface area (Å²) in [6, 6.07) is 0. The summed E-state index contributed by atoms with van der Waals surface area (Å²) in [6.45, 7) is 4.33. The molecule has 0 aromatic carbocycles. The fourth-order valence-corrected chi connectivity index (χ4v) is 1.20. The predicted molar refractivity (Wildman–Crippen MR) is 81.8 cm³/mol. The number of esters is 1. The van der Waals surface area contributed by atoms with E-state index >= 15 is 0 Å². The molecule has 1 rings (SSSR count). The molecule has 1 aromatic rings. The van der Waals surface area contributed by atoms with Gasteiger partial charge in [-0.05, 0) is 20.5 Å². The van der Waals surface area contributed by atoms with E-state index in [9.17, 15) is 9.59 Å². The lowest BCUT2D eigenvalue weighted by molar-refractivity contribution is -0.138. The van der Waals surface area contributed by atoms with E-state index in [1.165, 1.54) is 6.42 Å². The quantitative estimate of drug-likeness (QED) is 0.478. The average molecular weight is 308 g/mol. The summed E-state index contributed by atoms with van der Waals surface area (Å²) in [4.78, 5) is 22.0. The molecule has 0 atom stereocenters. The summed E-state index contributed by atoms with van der Waals surface area (Å²) in [5.74, 6) is 19.9. The maximum absolute atomic E-state index is 11.2. The van der Waals surface area contributed by atoms with Gasteiger partial charge in [-0.2, -0.15) is 6.42 Å². The van der Waals surface area contributed by atoms with Crippen molar-refractivity contribution in [3.05, 3.63) is 35.2 Å². The monoisotopic (exact) mass is 308 g/mol. The van der Waals surface area contributed by atoms with E-state index in [0.29, 0.717) is 11.5 Å². The largest absolute Gasteiger partial charge is 0.520 e. The van der Waals surface area contributed by atoms with Gasteiger partial charge in [0.15, 0.2) is 5.76 Å².